The maximum atomic E-state index is 12.6. The molecule has 6 nitrogen and oxygen atoms in total. The van der Waals surface area contributed by atoms with E-state index in [2.05, 4.69) is 19.8 Å². The fourth-order valence-corrected chi connectivity index (χ4v) is 2.87. The van der Waals surface area contributed by atoms with Crippen LogP contribution in [-0.2, 0) is 0 Å². The van der Waals surface area contributed by atoms with Gasteiger partial charge in [-0.2, -0.15) is 5.26 Å². The summed E-state index contributed by atoms with van der Waals surface area (Å²) < 4.78 is 15.6. The van der Waals surface area contributed by atoms with E-state index in [0.29, 0.717) is 16.9 Å². The number of nitrogens with zero attached hydrogens (tertiary/aromatic N) is 2. The Hall–Kier alpha value is -3.05. The Morgan fingerprint density at radius 3 is 2.91 bits per heavy atom. The van der Waals surface area contributed by atoms with Gasteiger partial charge in [-0.05, 0) is 47.5 Å². The van der Waals surface area contributed by atoms with Gasteiger partial charge in [-0.3, -0.25) is 4.94 Å². The summed E-state index contributed by atoms with van der Waals surface area (Å²) in [6, 6.07) is 11.4. The second kappa shape index (κ2) is 6.37. The molecule has 1 heterocycles. The summed E-state index contributed by atoms with van der Waals surface area (Å²) in [5.41, 5.74) is 1.81. The summed E-state index contributed by atoms with van der Waals surface area (Å²) in [6.45, 7) is 0. The number of nitroso groups, excluding NO2 is 1. The lowest BCUT2D eigenvalue weighted by Crippen LogP contribution is -1.91. The molecule has 0 amide bonds. The van der Waals surface area contributed by atoms with Gasteiger partial charge in [0.2, 0.25) is 0 Å². The van der Waals surface area contributed by atoms with E-state index in [0.717, 1.165) is 15.8 Å². The molecule has 0 aliphatic heterocycles. The molecule has 0 atom stereocenters. The van der Waals surface area contributed by atoms with Gasteiger partial charge in [0.1, 0.15) is 5.69 Å². The number of hydrogen-bond acceptors (Lipinski definition) is 6. The number of fused-ring (bicyclic) bond motifs is 1. The molecular formula is C15H9FN4O2S. The van der Waals surface area contributed by atoms with Crippen LogP contribution in [0.15, 0.2) is 52.7 Å². The van der Waals surface area contributed by atoms with Crippen LogP contribution in [0.1, 0.15) is 5.56 Å². The highest BCUT2D eigenvalue weighted by atomic mass is 32.2. The monoisotopic (exact) mass is 328 g/mol. The van der Waals surface area contributed by atoms with E-state index in [1.54, 1.807) is 36.5 Å². The highest BCUT2D eigenvalue weighted by Crippen LogP contribution is 2.34. The van der Waals surface area contributed by atoms with Crippen molar-refractivity contribution in [3.63, 3.8) is 0 Å². The minimum atomic E-state index is -0.0659. The molecule has 3 rings (SSSR count). The zero-order valence-corrected chi connectivity index (χ0v) is 12.4. The quantitative estimate of drug-likeness (QED) is 0.517. The standard InChI is InChI=1S/C15H9FN4O2S/c16-22-14-5-9(7-17)1-4-12(14)20-23-15-8-18-13-6-10(19-21)2-3-11(13)15/h1-6,8,18,20H. The molecule has 23 heavy (non-hydrogen) atoms. The lowest BCUT2D eigenvalue weighted by Gasteiger charge is -2.07. The van der Waals surface area contributed by atoms with Crippen molar-refractivity contribution in [1.29, 1.82) is 5.26 Å². The molecule has 3 aromatic rings. The van der Waals surface area contributed by atoms with E-state index in [1.807, 2.05) is 6.07 Å². The second-order valence-electron chi connectivity index (χ2n) is 4.58. The van der Waals surface area contributed by atoms with Gasteiger partial charge in [-0.15, -0.1) is 4.91 Å². The maximum absolute atomic E-state index is 12.6. The first kappa shape index (κ1) is 14.9. The van der Waals surface area contributed by atoms with E-state index in [4.69, 9.17) is 5.26 Å². The number of hydrogen-bond donors (Lipinski definition) is 2. The largest absolute Gasteiger partial charge is 0.360 e. The van der Waals surface area contributed by atoms with E-state index in [-0.39, 0.29) is 5.75 Å². The smallest absolute Gasteiger partial charge is 0.197 e. The van der Waals surface area contributed by atoms with Gasteiger partial charge in [-0.25, -0.2) is 0 Å². The van der Waals surface area contributed by atoms with Crippen LogP contribution < -0.4 is 9.66 Å². The Labute approximate surface area is 134 Å². The summed E-state index contributed by atoms with van der Waals surface area (Å²) in [5.74, 6) is -0.0659. The van der Waals surface area contributed by atoms with Gasteiger partial charge in [0.25, 0.3) is 0 Å². The van der Waals surface area contributed by atoms with Crippen molar-refractivity contribution in [2.75, 3.05) is 4.72 Å². The summed E-state index contributed by atoms with van der Waals surface area (Å²) in [5, 5.41) is 12.6. The molecule has 0 fully saturated rings. The van der Waals surface area contributed by atoms with Gasteiger partial charge >= 0.3 is 0 Å². The molecule has 114 valence electrons. The van der Waals surface area contributed by atoms with Crippen LogP contribution in [0.2, 0.25) is 0 Å². The van der Waals surface area contributed by atoms with Crippen molar-refractivity contribution in [2.45, 2.75) is 4.90 Å². The van der Waals surface area contributed by atoms with Gasteiger partial charge in [0.15, 0.2) is 5.75 Å². The second-order valence-corrected chi connectivity index (χ2v) is 5.43. The number of nitrogens with one attached hydrogen (secondary N) is 2. The van der Waals surface area contributed by atoms with Crippen molar-refractivity contribution in [2.24, 2.45) is 5.18 Å². The average molecular weight is 328 g/mol. The van der Waals surface area contributed by atoms with E-state index in [9.17, 15) is 9.43 Å². The van der Waals surface area contributed by atoms with E-state index in [1.165, 1.54) is 18.0 Å². The third-order valence-corrected chi connectivity index (χ3v) is 4.08. The number of anilines is 1. The van der Waals surface area contributed by atoms with Crippen molar-refractivity contribution in [1.82, 2.24) is 4.98 Å². The normalized spacial score (nSPS) is 10.3. The molecule has 0 aliphatic rings. The predicted molar refractivity (Wildman–Crippen MR) is 86.1 cm³/mol. The predicted octanol–water partition coefficient (Wildman–Crippen LogP) is 4.82. The molecule has 0 aliphatic carbocycles. The summed E-state index contributed by atoms with van der Waals surface area (Å²) in [4.78, 5) is 18.2. The first-order valence-corrected chi connectivity index (χ1v) is 7.27. The number of aromatic amines is 1. The summed E-state index contributed by atoms with van der Waals surface area (Å²) >= 11 is 1.25. The molecule has 2 aromatic carbocycles. The zero-order chi connectivity index (χ0) is 16.2. The van der Waals surface area contributed by atoms with Crippen LogP contribution in [0.3, 0.4) is 0 Å². The first-order chi connectivity index (χ1) is 11.2. The number of rotatable bonds is 5. The van der Waals surface area contributed by atoms with Gasteiger partial charge in [0, 0.05) is 27.7 Å². The Morgan fingerprint density at radius 1 is 1.30 bits per heavy atom. The lowest BCUT2D eigenvalue weighted by molar-refractivity contribution is -0.00523. The van der Waals surface area contributed by atoms with Crippen molar-refractivity contribution >= 4 is 34.2 Å². The highest BCUT2D eigenvalue weighted by Gasteiger charge is 2.10. The van der Waals surface area contributed by atoms with Crippen LogP contribution in [0.5, 0.6) is 5.75 Å². The summed E-state index contributed by atoms with van der Waals surface area (Å²) in [6.07, 6.45) is 1.76. The fraction of sp³-hybridized carbons (Fsp3) is 0. The minimum Gasteiger partial charge on any atom is -0.360 e. The van der Waals surface area contributed by atoms with Crippen LogP contribution in [0.4, 0.5) is 15.9 Å². The number of H-pyrrole nitrogens is 1. The third-order valence-electron chi connectivity index (χ3n) is 3.20. The molecular weight excluding hydrogens is 319 g/mol. The van der Waals surface area contributed by atoms with E-state index < -0.39 is 0 Å². The minimum absolute atomic E-state index is 0.0659. The van der Waals surface area contributed by atoms with Crippen LogP contribution in [0.25, 0.3) is 10.9 Å². The topological polar surface area (TPSA) is 90.3 Å². The molecule has 0 saturated heterocycles. The fourth-order valence-electron chi connectivity index (χ4n) is 2.08. The number of halogens is 1. The SMILES string of the molecule is N#Cc1ccc(NSc2c[nH]c3cc(N=O)ccc23)c(OF)c1. The molecule has 2 N–H and O–H groups in total. The molecule has 0 unspecified atom stereocenters. The molecule has 0 spiro atoms. The number of benzene rings is 2. The third kappa shape index (κ3) is 2.95. The van der Waals surface area contributed by atoms with E-state index >= 15 is 0 Å². The Morgan fingerprint density at radius 2 is 2.17 bits per heavy atom. The van der Waals surface area contributed by atoms with Crippen LogP contribution in [-0.4, -0.2) is 4.98 Å². The average Bonchev–Trinajstić information content (AvgIpc) is 3.01. The molecule has 8 heteroatoms. The molecule has 0 radical (unpaired) electrons. The van der Waals surface area contributed by atoms with Crippen molar-refractivity contribution in [3.05, 3.63) is 53.1 Å². The van der Waals surface area contributed by atoms with Crippen molar-refractivity contribution < 1.29 is 9.47 Å². The van der Waals surface area contributed by atoms with Crippen LogP contribution in [0, 0.1) is 16.2 Å². The Kier molecular flexibility index (Phi) is 4.12. The van der Waals surface area contributed by atoms with Crippen LogP contribution >= 0.6 is 11.9 Å². The highest BCUT2D eigenvalue weighted by molar-refractivity contribution is 8.00. The molecule has 0 saturated carbocycles. The van der Waals surface area contributed by atoms with Gasteiger partial charge in [-0.1, -0.05) is 0 Å². The number of aromatic nitrogens is 1. The number of nitriles is 1. The zero-order valence-electron chi connectivity index (χ0n) is 11.5. The molecule has 0 bridgehead atoms. The Balaban J connectivity index is 1.84. The maximum Gasteiger partial charge on any atom is 0.197 e. The summed E-state index contributed by atoms with van der Waals surface area (Å²) in [7, 11) is 0. The lowest BCUT2D eigenvalue weighted by atomic mass is 10.2. The van der Waals surface area contributed by atoms with Gasteiger partial charge in [0.05, 0.1) is 22.2 Å². The van der Waals surface area contributed by atoms with Crippen molar-refractivity contribution in [3.8, 4) is 11.8 Å². The van der Waals surface area contributed by atoms with Gasteiger partial charge < -0.3 is 9.71 Å². The Bertz CT molecular complexity index is 919. The molecule has 1 aromatic heterocycles. The first-order valence-electron chi connectivity index (χ1n) is 6.45.